The highest BCUT2D eigenvalue weighted by atomic mass is 32.2. The molecule has 17 heteroatoms. The number of sulfonamides is 1. The number of fused-ring (bicyclic) bond motifs is 3. The molecule has 15 nitrogen and oxygen atoms in total. The number of amides is 4. The maximum atomic E-state index is 14.5. The van der Waals surface area contributed by atoms with E-state index >= 15 is 0 Å². The average molecular weight is 749 g/mol. The first-order valence-corrected chi connectivity index (χ1v) is 19.3. The first-order valence-electron chi connectivity index (χ1n) is 17.8. The fraction of sp³-hybridized carbons (Fsp3) is 0.500. The van der Waals surface area contributed by atoms with Gasteiger partial charge in [-0.1, -0.05) is 25.0 Å². The molecule has 2 aromatic heterocycles. The Balaban J connectivity index is 1.20. The fourth-order valence-electron chi connectivity index (χ4n) is 6.97. The second-order valence-corrected chi connectivity index (χ2v) is 16.8. The summed E-state index contributed by atoms with van der Waals surface area (Å²) < 4.78 is 47.7. The van der Waals surface area contributed by atoms with Crippen LogP contribution in [0.5, 0.6) is 5.88 Å². The van der Waals surface area contributed by atoms with Crippen LogP contribution >= 0.6 is 0 Å². The van der Waals surface area contributed by atoms with E-state index in [0.717, 1.165) is 12.8 Å². The van der Waals surface area contributed by atoms with E-state index in [2.05, 4.69) is 35.3 Å². The molecule has 4 aliphatic rings. The second kappa shape index (κ2) is 14.1. The van der Waals surface area contributed by atoms with Crippen LogP contribution in [0.4, 0.5) is 4.39 Å². The van der Waals surface area contributed by atoms with Gasteiger partial charge in [-0.05, 0) is 70.6 Å². The molecule has 3 aromatic rings. The molecule has 1 unspecified atom stereocenters. The minimum absolute atomic E-state index is 0.0268. The van der Waals surface area contributed by atoms with E-state index in [1.54, 1.807) is 13.8 Å². The number of ether oxygens (including phenoxy) is 1. The molecule has 3 N–H and O–H groups in total. The van der Waals surface area contributed by atoms with Crippen molar-refractivity contribution in [2.75, 3.05) is 6.54 Å². The van der Waals surface area contributed by atoms with Gasteiger partial charge in [0.15, 0.2) is 0 Å². The lowest BCUT2D eigenvalue weighted by Gasteiger charge is -2.30. The van der Waals surface area contributed by atoms with Crippen LogP contribution in [0.15, 0.2) is 48.9 Å². The Bertz CT molecular complexity index is 2100. The highest BCUT2D eigenvalue weighted by Crippen LogP contribution is 2.47. The van der Waals surface area contributed by atoms with Crippen molar-refractivity contribution in [1.29, 1.82) is 0 Å². The lowest BCUT2D eigenvalue weighted by Crippen LogP contribution is -2.58. The van der Waals surface area contributed by atoms with Gasteiger partial charge in [0.25, 0.3) is 11.8 Å². The Morgan fingerprint density at radius 3 is 2.66 bits per heavy atom. The Morgan fingerprint density at radius 2 is 1.91 bits per heavy atom. The normalized spacial score (nSPS) is 27.6. The van der Waals surface area contributed by atoms with Gasteiger partial charge in [-0.25, -0.2) is 32.7 Å². The van der Waals surface area contributed by atoms with Gasteiger partial charge >= 0.3 is 0 Å². The molecule has 280 valence electrons. The number of aromatic nitrogens is 4. The Hall–Kier alpha value is -5.06. The zero-order valence-electron chi connectivity index (χ0n) is 29.4. The van der Waals surface area contributed by atoms with Crippen molar-refractivity contribution in [3.8, 4) is 5.88 Å². The molecular weight excluding hydrogens is 708 g/mol. The number of hydrogen-bond donors (Lipinski definition) is 3. The minimum atomic E-state index is -4.01. The quantitative estimate of drug-likeness (QED) is 0.300. The highest BCUT2D eigenvalue weighted by Gasteiger charge is 2.63. The molecule has 2 aliphatic carbocycles. The molecule has 2 saturated carbocycles. The summed E-state index contributed by atoms with van der Waals surface area (Å²) in [6.07, 6.45) is 9.63. The van der Waals surface area contributed by atoms with Crippen molar-refractivity contribution in [3.05, 3.63) is 66.1 Å². The lowest BCUT2D eigenvalue weighted by molar-refractivity contribution is -0.141. The zero-order chi connectivity index (χ0) is 37.5. The Labute approximate surface area is 305 Å². The van der Waals surface area contributed by atoms with Gasteiger partial charge in [-0.2, -0.15) is 0 Å². The van der Waals surface area contributed by atoms with Gasteiger partial charge in [0, 0.05) is 24.6 Å². The Kier molecular flexibility index (Phi) is 9.63. The topological polar surface area (TPSA) is 203 Å². The molecule has 53 heavy (non-hydrogen) atoms. The summed E-state index contributed by atoms with van der Waals surface area (Å²) in [5.41, 5.74) is -0.356. The second-order valence-electron chi connectivity index (χ2n) is 14.6. The summed E-state index contributed by atoms with van der Waals surface area (Å²) in [4.78, 5) is 74.0. The largest absolute Gasteiger partial charge is 0.471 e. The van der Waals surface area contributed by atoms with Crippen molar-refractivity contribution >= 4 is 44.7 Å². The standard InChI is InChI=1S/C36H41FN8O7S/c1-21-32(42-28-16-23(37)10-11-25(28)40-21)52-24-17-29-31(47)43-36(34(49)44-53(50,51)35(2)13-14-35)18-22(36)8-6-4-3-5-7-9-27(33(48)45(29)19-24)41-30(46)26-12-15-38-20-39-26/h6,8,10-12,15-16,20,22,24,27,29H,3-5,7,9,13-14,17-19H2,1-2H3,(H,41,46)(H,43,47)(H,44,49)/b8-6-/t22?,24-,27+,29+,36-/m1/s1. The molecule has 0 radical (unpaired) electrons. The molecular formula is C36H41FN8O7S. The maximum absolute atomic E-state index is 14.5. The summed E-state index contributed by atoms with van der Waals surface area (Å²) in [5, 5.41) is 5.64. The molecule has 1 aromatic carbocycles. The van der Waals surface area contributed by atoms with Gasteiger partial charge < -0.3 is 20.3 Å². The number of aryl methyl sites for hydroxylation is 1. The molecule has 0 bridgehead atoms. The molecule has 4 heterocycles. The number of halogens is 1. The number of nitrogens with zero attached hydrogens (tertiary/aromatic N) is 5. The highest BCUT2D eigenvalue weighted by molar-refractivity contribution is 7.91. The van der Waals surface area contributed by atoms with Gasteiger partial charge in [0.1, 0.15) is 47.3 Å². The van der Waals surface area contributed by atoms with Crippen LogP contribution in [-0.2, 0) is 24.4 Å². The number of carbonyl (C=O) groups excluding carboxylic acids is 4. The molecule has 3 fully saturated rings. The zero-order valence-corrected chi connectivity index (χ0v) is 30.2. The molecule has 5 atom stereocenters. The van der Waals surface area contributed by atoms with E-state index in [1.165, 1.54) is 41.7 Å². The van der Waals surface area contributed by atoms with Crippen molar-refractivity contribution in [2.24, 2.45) is 5.92 Å². The number of nitrogens with one attached hydrogen (secondary N) is 3. The number of rotatable bonds is 7. The first-order chi connectivity index (χ1) is 25.3. The molecule has 1 saturated heterocycles. The van der Waals surface area contributed by atoms with Gasteiger partial charge in [0.2, 0.25) is 27.7 Å². The van der Waals surface area contributed by atoms with E-state index in [-0.39, 0.29) is 42.9 Å². The average Bonchev–Trinajstić information content (AvgIpc) is 4.01. The van der Waals surface area contributed by atoms with Crippen LogP contribution < -0.4 is 20.1 Å². The van der Waals surface area contributed by atoms with Crippen LogP contribution in [0.2, 0.25) is 0 Å². The Morgan fingerprint density at radius 1 is 1.09 bits per heavy atom. The number of benzene rings is 1. The molecule has 0 spiro atoms. The van der Waals surface area contributed by atoms with Crippen molar-refractivity contribution in [1.82, 2.24) is 40.2 Å². The van der Waals surface area contributed by atoms with E-state index in [9.17, 15) is 32.0 Å². The number of allylic oxidation sites excluding steroid dienone is 1. The van der Waals surface area contributed by atoms with E-state index in [4.69, 9.17) is 4.74 Å². The first kappa shape index (κ1) is 36.3. The molecule has 2 aliphatic heterocycles. The van der Waals surface area contributed by atoms with E-state index < -0.39 is 73.9 Å². The van der Waals surface area contributed by atoms with Crippen LogP contribution in [-0.4, -0.2) is 91.9 Å². The van der Waals surface area contributed by atoms with Crippen LogP contribution in [0.25, 0.3) is 11.0 Å². The van der Waals surface area contributed by atoms with Crippen LogP contribution in [0.1, 0.15) is 80.9 Å². The van der Waals surface area contributed by atoms with Gasteiger partial charge in [0.05, 0.1) is 22.3 Å². The van der Waals surface area contributed by atoms with Crippen LogP contribution in [0.3, 0.4) is 0 Å². The predicted molar refractivity (Wildman–Crippen MR) is 188 cm³/mol. The van der Waals surface area contributed by atoms with Crippen molar-refractivity contribution in [3.63, 3.8) is 0 Å². The summed E-state index contributed by atoms with van der Waals surface area (Å²) in [6, 6.07) is 3.22. The van der Waals surface area contributed by atoms with Crippen molar-refractivity contribution < 1.29 is 36.7 Å². The lowest BCUT2D eigenvalue weighted by atomic mass is 10.0. The molecule has 4 amide bonds. The van der Waals surface area contributed by atoms with Gasteiger partial charge in [-0.3, -0.25) is 23.9 Å². The summed E-state index contributed by atoms with van der Waals surface area (Å²) in [6.45, 7) is 3.16. The summed E-state index contributed by atoms with van der Waals surface area (Å²) in [5.74, 6) is -3.50. The monoisotopic (exact) mass is 748 g/mol. The summed E-state index contributed by atoms with van der Waals surface area (Å²) in [7, 11) is -4.01. The van der Waals surface area contributed by atoms with Crippen molar-refractivity contribution in [2.45, 2.75) is 100 Å². The maximum Gasteiger partial charge on any atom is 0.270 e. The third-order valence-electron chi connectivity index (χ3n) is 10.6. The smallest absolute Gasteiger partial charge is 0.270 e. The van der Waals surface area contributed by atoms with Crippen LogP contribution in [0, 0.1) is 18.7 Å². The third kappa shape index (κ3) is 7.43. The molecule has 7 rings (SSSR count). The third-order valence-corrected chi connectivity index (χ3v) is 12.8. The predicted octanol–water partition coefficient (Wildman–Crippen LogP) is 2.41. The minimum Gasteiger partial charge on any atom is -0.471 e. The number of carbonyl (C=O) groups is 4. The van der Waals surface area contributed by atoms with E-state index in [0.29, 0.717) is 36.9 Å². The summed E-state index contributed by atoms with van der Waals surface area (Å²) >= 11 is 0. The fourth-order valence-corrected chi connectivity index (χ4v) is 8.28. The van der Waals surface area contributed by atoms with Gasteiger partial charge in [-0.15, -0.1) is 0 Å². The number of hydrogen-bond acceptors (Lipinski definition) is 11. The SMILES string of the molecule is Cc1nc2ccc(F)cc2nc1O[C@@H]1C[C@H]2C(=O)N[C@]3(C(=O)NS(=O)(=O)C4(C)CC4)CC3/C=C\CCCCC[C@H](NC(=O)c3ccncn3)C(=O)N2C1. The van der Waals surface area contributed by atoms with E-state index in [1.807, 2.05) is 12.2 Å².